The molecular weight excluding hydrogens is 533 g/mol. The quantitative estimate of drug-likeness (QED) is 0.146. The highest BCUT2D eigenvalue weighted by Gasteiger charge is 2.14. The number of hydrogen-bond donors (Lipinski definition) is 2. The third-order valence-corrected chi connectivity index (χ3v) is 10.7. The molecule has 36 heavy (non-hydrogen) atoms. The molecule has 0 fully saturated rings. The summed E-state index contributed by atoms with van der Waals surface area (Å²) < 4.78 is 0. The largest absolute Gasteiger partial charge is 0.354 e. The number of nitrogens with one attached hydrogen (secondary N) is 2. The van der Waals surface area contributed by atoms with Crippen LogP contribution in [0.2, 0.25) is 0 Å². The van der Waals surface area contributed by atoms with Crippen LogP contribution in [0.15, 0.2) is 10.3 Å². The summed E-state index contributed by atoms with van der Waals surface area (Å²) in [4.78, 5) is 32.1. The van der Waals surface area contributed by atoms with Gasteiger partial charge >= 0.3 is 0 Å². The van der Waals surface area contributed by atoms with Gasteiger partial charge in [0.15, 0.2) is 0 Å². The van der Waals surface area contributed by atoms with Gasteiger partial charge in [-0.1, -0.05) is 26.7 Å². The van der Waals surface area contributed by atoms with Crippen molar-refractivity contribution in [2.75, 3.05) is 59.7 Å². The highest BCUT2D eigenvalue weighted by molar-refractivity contribution is 9.26. The van der Waals surface area contributed by atoms with Crippen LogP contribution in [0.5, 0.6) is 0 Å². The average Bonchev–Trinajstić information content (AvgIpc) is 2.88. The lowest BCUT2D eigenvalue weighted by Gasteiger charge is -2.19. The minimum atomic E-state index is 0.630. The lowest BCUT2D eigenvalue weighted by Crippen LogP contribution is -2.25. The molecule has 0 radical (unpaired) electrons. The zero-order valence-corrected chi connectivity index (χ0v) is 25.5. The molecule has 10 nitrogen and oxygen atoms in total. The van der Waals surface area contributed by atoms with Crippen molar-refractivity contribution in [3.05, 3.63) is 0 Å². The molecule has 0 saturated heterocycles. The predicted molar refractivity (Wildman–Crippen MR) is 160 cm³/mol. The van der Waals surface area contributed by atoms with Crippen LogP contribution in [0.25, 0.3) is 0 Å². The van der Waals surface area contributed by atoms with Crippen LogP contribution in [0, 0.1) is 0 Å². The van der Waals surface area contributed by atoms with E-state index >= 15 is 0 Å². The molecular formula is C22H40N10S4. The Morgan fingerprint density at radius 1 is 0.556 bits per heavy atom. The third-order valence-electron chi connectivity index (χ3n) is 5.17. The molecule has 0 aliphatic heterocycles. The SMILES string of the molecule is CCCCNc1nc(SSSSc2nc(NCCCC)nc(N(CC)CC)n2)nc(N(CC)CC)n1. The van der Waals surface area contributed by atoms with Crippen LogP contribution >= 0.6 is 41.2 Å². The second-order valence-corrected chi connectivity index (χ2v) is 13.3. The van der Waals surface area contributed by atoms with E-state index < -0.39 is 0 Å². The van der Waals surface area contributed by atoms with Crippen molar-refractivity contribution in [2.45, 2.75) is 77.5 Å². The standard InChI is InChI=1S/C22H40N10S4/c1-7-13-15-23-17-25-19(31(9-3)10-4)29-21(27-17)33-35-36-34-22-28-18(24-16-14-8-2)26-20(30-22)32(11-5)12-6/h7-16H2,1-6H3,(H,23,25,27,29)(H,24,26,28,30). The molecule has 202 valence electrons. The normalized spacial score (nSPS) is 10.9. The third kappa shape index (κ3) is 10.5. The summed E-state index contributed by atoms with van der Waals surface area (Å²) in [6.45, 7) is 17.9. The van der Waals surface area contributed by atoms with Crippen molar-refractivity contribution in [3.8, 4) is 0 Å². The van der Waals surface area contributed by atoms with Gasteiger partial charge in [-0.25, -0.2) is 0 Å². The van der Waals surface area contributed by atoms with E-state index in [1.165, 1.54) is 21.6 Å². The minimum absolute atomic E-state index is 0.630. The molecule has 0 aliphatic carbocycles. The van der Waals surface area contributed by atoms with E-state index in [1.54, 1.807) is 19.7 Å². The van der Waals surface area contributed by atoms with Gasteiger partial charge in [0.25, 0.3) is 0 Å². The number of nitrogens with zero attached hydrogens (tertiary/aromatic N) is 8. The molecule has 2 aromatic heterocycles. The molecule has 14 heteroatoms. The lowest BCUT2D eigenvalue weighted by atomic mass is 10.3. The van der Waals surface area contributed by atoms with Gasteiger partial charge in [-0.3, -0.25) is 0 Å². The monoisotopic (exact) mass is 572 g/mol. The van der Waals surface area contributed by atoms with Gasteiger partial charge < -0.3 is 20.4 Å². The summed E-state index contributed by atoms with van der Waals surface area (Å²) in [5, 5.41) is 8.05. The lowest BCUT2D eigenvalue weighted by molar-refractivity contribution is 0.774. The first-order chi connectivity index (χ1) is 17.6. The molecule has 0 saturated carbocycles. The van der Waals surface area contributed by atoms with E-state index in [9.17, 15) is 0 Å². The van der Waals surface area contributed by atoms with Crippen molar-refractivity contribution in [1.82, 2.24) is 29.9 Å². The van der Waals surface area contributed by atoms with E-state index in [1.807, 2.05) is 0 Å². The summed E-state index contributed by atoms with van der Waals surface area (Å²) >= 11 is 0. The number of hydrogen-bond acceptors (Lipinski definition) is 14. The number of aromatic nitrogens is 6. The highest BCUT2D eigenvalue weighted by Crippen LogP contribution is 2.48. The zero-order valence-electron chi connectivity index (χ0n) is 22.3. The highest BCUT2D eigenvalue weighted by atomic mass is 33.7. The van der Waals surface area contributed by atoms with Crippen LogP contribution in [-0.2, 0) is 0 Å². The van der Waals surface area contributed by atoms with Crippen LogP contribution in [0.3, 0.4) is 0 Å². The smallest absolute Gasteiger partial charge is 0.231 e. The Morgan fingerprint density at radius 2 is 0.944 bits per heavy atom. The first-order valence-corrected chi connectivity index (χ1v) is 17.6. The predicted octanol–water partition coefficient (Wildman–Crippen LogP) is 6.27. The molecule has 0 unspecified atom stereocenters. The minimum Gasteiger partial charge on any atom is -0.354 e. The molecule has 0 bridgehead atoms. The second kappa shape index (κ2) is 18.0. The maximum Gasteiger partial charge on any atom is 0.231 e. The Bertz CT molecular complexity index is 812. The van der Waals surface area contributed by atoms with Gasteiger partial charge in [-0.15, -0.1) is 0 Å². The number of unbranched alkanes of at least 4 members (excludes halogenated alkanes) is 2. The van der Waals surface area contributed by atoms with Gasteiger partial charge in [0.05, 0.1) is 0 Å². The second-order valence-electron chi connectivity index (χ2n) is 7.69. The van der Waals surface area contributed by atoms with Crippen molar-refractivity contribution < 1.29 is 0 Å². The molecule has 0 spiro atoms. The van der Waals surface area contributed by atoms with E-state index in [0.29, 0.717) is 34.1 Å². The molecule has 0 atom stereocenters. The molecule has 2 heterocycles. The number of anilines is 4. The van der Waals surface area contributed by atoms with E-state index in [-0.39, 0.29) is 0 Å². The first kappa shape index (κ1) is 30.8. The van der Waals surface area contributed by atoms with Gasteiger partial charge in [0.1, 0.15) is 0 Å². The summed E-state index contributed by atoms with van der Waals surface area (Å²) in [7, 11) is 6.22. The Balaban J connectivity index is 2.07. The zero-order chi connectivity index (χ0) is 26.2. The van der Waals surface area contributed by atoms with Crippen LogP contribution in [0.4, 0.5) is 23.8 Å². The van der Waals surface area contributed by atoms with Crippen LogP contribution in [0.1, 0.15) is 67.2 Å². The summed E-state index contributed by atoms with van der Waals surface area (Å²) in [6.07, 6.45) is 4.39. The fraction of sp³-hybridized carbons (Fsp3) is 0.727. The average molecular weight is 573 g/mol. The Kier molecular flexibility index (Phi) is 15.4. The number of rotatable bonds is 19. The summed E-state index contributed by atoms with van der Waals surface area (Å²) in [6, 6.07) is 0. The summed E-state index contributed by atoms with van der Waals surface area (Å²) in [5.41, 5.74) is 0. The van der Waals surface area contributed by atoms with Crippen molar-refractivity contribution in [1.29, 1.82) is 0 Å². The van der Waals surface area contributed by atoms with Crippen molar-refractivity contribution in [3.63, 3.8) is 0 Å². The molecule has 2 aromatic rings. The maximum atomic E-state index is 4.69. The fourth-order valence-electron chi connectivity index (χ4n) is 3.06. The Labute approximate surface area is 231 Å². The molecule has 0 aliphatic rings. The van der Waals surface area contributed by atoms with Crippen molar-refractivity contribution >= 4 is 65.0 Å². The molecule has 2 N–H and O–H groups in total. The van der Waals surface area contributed by atoms with Crippen LogP contribution in [-0.4, -0.2) is 69.2 Å². The first-order valence-electron chi connectivity index (χ1n) is 12.8. The Morgan fingerprint density at radius 3 is 1.28 bits per heavy atom. The van der Waals surface area contributed by atoms with Crippen molar-refractivity contribution in [2.24, 2.45) is 0 Å². The topological polar surface area (TPSA) is 108 Å². The maximum absolute atomic E-state index is 4.69. The fourth-order valence-corrected chi connectivity index (χ4v) is 7.80. The van der Waals surface area contributed by atoms with Crippen LogP contribution < -0.4 is 20.4 Å². The van der Waals surface area contributed by atoms with E-state index in [4.69, 9.17) is 0 Å². The summed E-state index contributed by atoms with van der Waals surface area (Å²) in [5.74, 6) is 2.67. The molecule has 0 amide bonds. The molecule has 0 aromatic carbocycles. The van der Waals surface area contributed by atoms with E-state index in [0.717, 1.165) is 65.0 Å². The Hall–Kier alpha value is -1.38. The van der Waals surface area contributed by atoms with E-state index in [2.05, 4.69) is 91.9 Å². The van der Waals surface area contributed by atoms with Gasteiger partial charge in [-0.2, -0.15) is 29.9 Å². The molecule has 2 rings (SSSR count). The van der Waals surface area contributed by atoms with Gasteiger partial charge in [0, 0.05) is 39.3 Å². The van der Waals surface area contributed by atoms with Gasteiger partial charge in [0.2, 0.25) is 34.1 Å². The van der Waals surface area contributed by atoms with Gasteiger partial charge in [-0.05, 0) is 81.8 Å².